The average molecular weight is 431 g/mol. The Balaban J connectivity index is 1.92. The Morgan fingerprint density at radius 3 is 2.25 bits per heavy atom. The van der Waals surface area contributed by atoms with Crippen molar-refractivity contribution < 1.29 is 19.2 Å². The topological polar surface area (TPSA) is 111 Å². The van der Waals surface area contributed by atoms with Crippen LogP contribution in [0.5, 0.6) is 5.75 Å². The van der Waals surface area contributed by atoms with Crippen molar-refractivity contribution >= 4 is 29.3 Å². The van der Waals surface area contributed by atoms with Crippen molar-refractivity contribution in [1.82, 2.24) is 5.32 Å². The first-order valence-electron chi connectivity index (χ1n) is 9.66. The molecule has 8 heteroatoms. The summed E-state index contributed by atoms with van der Waals surface area (Å²) in [5.74, 6) is -0.719. The molecule has 0 aliphatic heterocycles. The number of carbonyl (C=O) groups is 2. The Bertz CT molecular complexity index is 1170. The molecule has 0 saturated heterocycles. The van der Waals surface area contributed by atoms with Crippen LogP contribution in [0.4, 0.5) is 11.4 Å². The molecule has 0 aliphatic rings. The van der Waals surface area contributed by atoms with Gasteiger partial charge in [-0.1, -0.05) is 29.8 Å². The van der Waals surface area contributed by atoms with E-state index in [1.54, 1.807) is 36.4 Å². The summed E-state index contributed by atoms with van der Waals surface area (Å²) in [5.41, 5.74) is 2.25. The van der Waals surface area contributed by atoms with E-state index in [1.807, 2.05) is 19.1 Å². The number of nitro groups is 1. The Hall–Kier alpha value is -4.46. The Labute approximate surface area is 184 Å². The summed E-state index contributed by atoms with van der Waals surface area (Å²) >= 11 is 0. The van der Waals surface area contributed by atoms with E-state index < -0.39 is 16.7 Å². The minimum absolute atomic E-state index is 0.0321. The number of para-hydroxylation sites is 1. The quantitative estimate of drug-likeness (QED) is 0.329. The van der Waals surface area contributed by atoms with Crippen LogP contribution in [-0.2, 0) is 4.79 Å². The Morgan fingerprint density at radius 2 is 1.62 bits per heavy atom. The molecule has 32 heavy (non-hydrogen) atoms. The van der Waals surface area contributed by atoms with Gasteiger partial charge in [-0.3, -0.25) is 19.7 Å². The third-order valence-electron chi connectivity index (χ3n) is 4.57. The van der Waals surface area contributed by atoms with Crippen LogP contribution in [0.3, 0.4) is 0 Å². The zero-order valence-corrected chi connectivity index (χ0v) is 17.5. The van der Waals surface area contributed by atoms with E-state index in [9.17, 15) is 19.7 Å². The Kier molecular flexibility index (Phi) is 6.97. The maximum absolute atomic E-state index is 13.0. The van der Waals surface area contributed by atoms with E-state index in [1.165, 1.54) is 37.5 Å². The van der Waals surface area contributed by atoms with E-state index in [0.29, 0.717) is 17.0 Å². The van der Waals surface area contributed by atoms with Crippen molar-refractivity contribution in [2.75, 3.05) is 12.4 Å². The molecular weight excluding hydrogens is 410 g/mol. The Morgan fingerprint density at radius 1 is 0.969 bits per heavy atom. The lowest BCUT2D eigenvalue weighted by Gasteiger charge is -2.13. The molecule has 2 N–H and O–H groups in total. The smallest absolute Gasteiger partial charge is 0.272 e. The number of nitrogens with one attached hydrogen (secondary N) is 2. The lowest BCUT2D eigenvalue weighted by Crippen LogP contribution is -2.31. The fraction of sp³-hybridized carbons (Fsp3) is 0.0833. The average Bonchev–Trinajstić information content (AvgIpc) is 2.80. The number of hydrogen-bond donors (Lipinski definition) is 2. The summed E-state index contributed by atoms with van der Waals surface area (Å²) in [6, 6.07) is 19.5. The summed E-state index contributed by atoms with van der Waals surface area (Å²) < 4.78 is 5.22. The molecule has 162 valence electrons. The van der Waals surface area contributed by atoms with Gasteiger partial charge >= 0.3 is 0 Å². The van der Waals surface area contributed by atoms with Crippen molar-refractivity contribution in [2.24, 2.45) is 0 Å². The summed E-state index contributed by atoms with van der Waals surface area (Å²) in [6.07, 6.45) is 1.45. The van der Waals surface area contributed by atoms with Gasteiger partial charge < -0.3 is 15.4 Å². The number of carbonyl (C=O) groups excluding carboxylic acids is 2. The molecule has 0 bridgehead atoms. The van der Waals surface area contributed by atoms with E-state index in [0.717, 1.165) is 5.56 Å². The lowest BCUT2D eigenvalue weighted by molar-refractivity contribution is -0.384. The van der Waals surface area contributed by atoms with Gasteiger partial charge in [-0.05, 0) is 55.0 Å². The number of hydrogen-bond acceptors (Lipinski definition) is 5. The number of nitrogens with zero attached hydrogens (tertiary/aromatic N) is 1. The molecule has 0 fully saturated rings. The number of anilines is 1. The van der Waals surface area contributed by atoms with Gasteiger partial charge in [0.05, 0.1) is 17.6 Å². The van der Waals surface area contributed by atoms with Gasteiger partial charge in [-0.15, -0.1) is 0 Å². The fourth-order valence-corrected chi connectivity index (χ4v) is 2.87. The normalized spacial score (nSPS) is 10.9. The molecule has 0 atom stereocenters. The number of amides is 2. The number of benzene rings is 3. The third-order valence-corrected chi connectivity index (χ3v) is 4.57. The number of methoxy groups -OCH3 is 1. The second-order valence-corrected chi connectivity index (χ2v) is 6.88. The van der Waals surface area contributed by atoms with Crippen LogP contribution in [0.25, 0.3) is 6.08 Å². The molecular formula is C24H21N3O5. The predicted molar refractivity (Wildman–Crippen MR) is 121 cm³/mol. The predicted octanol–water partition coefficient (Wildman–Crippen LogP) is 4.32. The molecule has 0 unspecified atom stereocenters. The molecule has 8 nitrogen and oxygen atoms in total. The van der Waals surface area contributed by atoms with Crippen LogP contribution in [-0.4, -0.2) is 23.8 Å². The van der Waals surface area contributed by atoms with Gasteiger partial charge in [-0.25, -0.2) is 0 Å². The fourth-order valence-electron chi connectivity index (χ4n) is 2.87. The first-order valence-corrected chi connectivity index (χ1v) is 9.66. The van der Waals surface area contributed by atoms with Crippen molar-refractivity contribution in [2.45, 2.75) is 6.92 Å². The summed E-state index contributed by atoms with van der Waals surface area (Å²) in [4.78, 5) is 36.2. The van der Waals surface area contributed by atoms with Crippen LogP contribution >= 0.6 is 0 Å². The first kappa shape index (κ1) is 22.2. The van der Waals surface area contributed by atoms with Gasteiger partial charge in [0.2, 0.25) is 0 Å². The molecule has 0 radical (unpaired) electrons. The second kappa shape index (κ2) is 10.0. The van der Waals surface area contributed by atoms with E-state index >= 15 is 0 Å². The van der Waals surface area contributed by atoms with Gasteiger partial charge in [0.1, 0.15) is 11.4 Å². The van der Waals surface area contributed by atoms with E-state index in [2.05, 4.69) is 10.6 Å². The van der Waals surface area contributed by atoms with Gasteiger partial charge in [0, 0.05) is 17.8 Å². The van der Waals surface area contributed by atoms with Crippen molar-refractivity contribution in [3.63, 3.8) is 0 Å². The van der Waals surface area contributed by atoms with Crippen molar-refractivity contribution in [3.05, 3.63) is 105 Å². The molecule has 2 amide bonds. The first-order chi connectivity index (χ1) is 15.4. The van der Waals surface area contributed by atoms with Gasteiger partial charge in [0.15, 0.2) is 0 Å². The molecule has 3 aromatic carbocycles. The summed E-state index contributed by atoms with van der Waals surface area (Å²) in [7, 11) is 1.45. The SMILES string of the molecule is COc1ccccc1C(=O)NC(=Cc1ccc([N+](=O)[O-])cc1)C(=O)Nc1ccc(C)cc1. The van der Waals surface area contributed by atoms with Crippen molar-refractivity contribution in [3.8, 4) is 5.75 Å². The largest absolute Gasteiger partial charge is 0.496 e. The van der Waals surface area contributed by atoms with Crippen LogP contribution in [0.15, 0.2) is 78.5 Å². The standard InChI is InChI=1S/C24H21N3O5/c1-16-7-11-18(12-8-16)25-24(29)21(15-17-9-13-19(14-10-17)27(30)31)26-23(28)20-5-3-4-6-22(20)32-2/h3-15H,1-2H3,(H,25,29)(H,26,28). The van der Waals surface area contributed by atoms with Crippen LogP contribution in [0.2, 0.25) is 0 Å². The molecule has 0 aromatic heterocycles. The summed E-state index contributed by atoms with van der Waals surface area (Å²) in [6.45, 7) is 1.93. The highest BCUT2D eigenvalue weighted by Gasteiger charge is 2.18. The molecule has 3 rings (SSSR count). The van der Waals surface area contributed by atoms with Crippen LogP contribution in [0, 0.1) is 17.0 Å². The van der Waals surface area contributed by atoms with Crippen LogP contribution in [0.1, 0.15) is 21.5 Å². The maximum Gasteiger partial charge on any atom is 0.272 e. The highest BCUT2D eigenvalue weighted by atomic mass is 16.6. The molecule has 0 aliphatic carbocycles. The van der Waals surface area contributed by atoms with Gasteiger partial charge in [0.25, 0.3) is 17.5 Å². The molecule has 0 heterocycles. The maximum atomic E-state index is 13.0. The van der Waals surface area contributed by atoms with E-state index in [-0.39, 0.29) is 16.9 Å². The number of aryl methyl sites for hydroxylation is 1. The lowest BCUT2D eigenvalue weighted by atomic mass is 10.1. The molecule has 3 aromatic rings. The highest BCUT2D eigenvalue weighted by Crippen LogP contribution is 2.19. The minimum Gasteiger partial charge on any atom is -0.496 e. The molecule has 0 spiro atoms. The number of rotatable bonds is 7. The highest BCUT2D eigenvalue weighted by molar-refractivity contribution is 6.11. The van der Waals surface area contributed by atoms with Crippen LogP contribution < -0.4 is 15.4 Å². The zero-order valence-electron chi connectivity index (χ0n) is 17.5. The minimum atomic E-state index is -0.546. The molecule has 0 saturated carbocycles. The van der Waals surface area contributed by atoms with Gasteiger partial charge in [-0.2, -0.15) is 0 Å². The number of non-ortho nitro benzene ring substituents is 1. The van der Waals surface area contributed by atoms with Crippen molar-refractivity contribution in [1.29, 1.82) is 0 Å². The number of nitro benzene ring substituents is 1. The second-order valence-electron chi connectivity index (χ2n) is 6.88. The van der Waals surface area contributed by atoms with E-state index in [4.69, 9.17) is 4.74 Å². The zero-order chi connectivity index (χ0) is 23.1. The summed E-state index contributed by atoms with van der Waals surface area (Å²) in [5, 5.41) is 16.3. The monoisotopic (exact) mass is 431 g/mol. The third kappa shape index (κ3) is 5.57. The number of ether oxygens (including phenoxy) is 1.